The molecule has 0 aliphatic carbocycles. The number of halogens is 2. The third kappa shape index (κ3) is 8.11. The summed E-state index contributed by atoms with van der Waals surface area (Å²) in [7, 11) is 0. The number of likely N-dealkylation sites (tertiary alicyclic amines) is 1. The summed E-state index contributed by atoms with van der Waals surface area (Å²) >= 11 is 0. The van der Waals surface area contributed by atoms with E-state index in [-0.39, 0.29) is 35.9 Å². The van der Waals surface area contributed by atoms with Crippen molar-refractivity contribution in [2.24, 2.45) is 10.9 Å². The second kappa shape index (κ2) is 13.2. The zero-order valence-electron chi connectivity index (χ0n) is 17.7. The highest BCUT2D eigenvalue weighted by molar-refractivity contribution is 14.0. The van der Waals surface area contributed by atoms with Crippen LogP contribution in [0.15, 0.2) is 29.3 Å². The van der Waals surface area contributed by atoms with Crippen molar-refractivity contribution in [3.63, 3.8) is 0 Å². The zero-order valence-corrected chi connectivity index (χ0v) is 20.0. The van der Waals surface area contributed by atoms with Crippen molar-refractivity contribution in [3.8, 4) is 5.75 Å². The first-order valence-electron chi connectivity index (χ1n) is 10.2. The fourth-order valence-corrected chi connectivity index (χ4v) is 3.44. The predicted molar refractivity (Wildman–Crippen MR) is 125 cm³/mol. The summed E-state index contributed by atoms with van der Waals surface area (Å²) in [5.74, 6) is 2.08. The van der Waals surface area contributed by atoms with E-state index in [1.165, 1.54) is 18.6 Å². The van der Waals surface area contributed by atoms with Gasteiger partial charge in [0.25, 0.3) is 0 Å². The summed E-state index contributed by atoms with van der Waals surface area (Å²) < 4.78 is 18.8. The first-order chi connectivity index (χ1) is 13.0. The Morgan fingerprint density at radius 1 is 1.29 bits per heavy atom. The Morgan fingerprint density at radius 2 is 1.96 bits per heavy atom. The second-order valence-electron chi connectivity index (χ2n) is 7.16. The van der Waals surface area contributed by atoms with Crippen molar-refractivity contribution in [3.05, 3.63) is 30.1 Å². The van der Waals surface area contributed by atoms with Gasteiger partial charge in [0.2, 0.25) is 0 Å². The van der Waals surface area contributed by atoms with Crippen LogP contribution in [-0.4, -0.2) is 67.7 Å². The third-order valence-electron chi connectivity index (χ3n) is 4.98. The van der Waals surface area contributed by atoms with Gasteiger partial charge in [-0.25, -0.2) is 9.38 Å². The highest BCUT2D eigenvalue weighted by Crippen LogP contribution is 2.18. The van der Waals surface area contributed by atoms with Gasteiger partial charge >= 0.3 is 0 Å². The van der Waals surface area contributed by atoms with Gasteiger partial charge in [0, 0.05) is 26.2 Å². The van der Waals surface area contributed by atoms with Gasteiger partial charge in [-0.15, -0.1) is 24.0 Å². The molecule has 0 saturated carbocycles. The van der Waals surface area contributed by atoms with Crippen molar-refractivity contribution in [2.75, 3.05) is 45.8 Å². The molecule has 1 N–H and O–H groups in total. The smallest absolute Gasteiger partial charge is 0.194 e. The quantitative estimate of drug-likeness (QED) is 0.314. The number of hydrogen-bond acceptors (Lipinski definition) is 3. The zero-order chi connectivity index (χ0) is 19.6. The summed E-state index contributed by atoms with van der Waals surface area (Å²) in [6.07, 6.45) is 1.14. The molecule has 2 rings (SSSR count). The van der Waals surface area contributed by atoms with E-state index in [4.69, 9.17) is 9.73 Å². The maximum Gasteiger partial charge on any atom is 0.194 e. The van der Waals surface area contributed by atoms with E-state index < -0.39 is 0 Å². The van der Waals surface area contributed by atoms with Crippen LogP contribution in [0.2, 0.25) is 0 Å². The van der Waals surface area contributed by atoms with Crippen LogP contribution in [0.1, 0.15) is 34.1 Å². The maximum atomic E-state index is 13.0. The van der Waals surface area contributed by atoms with Gasteiger partial charge in [-0.2, -0.15) is 0 Å². The Kier molecular flexibility index (Phi) is 11.8. The van der Waals surface area contributed by atoms with E-state index >= 15 is 0 Å². The van der Waals surface area contributed by atoms with Gasteiger partial charge in [-0.05, 0) is 63.5 Å². The largest absolute Gasteiger partial charge is 0.489 e. The van der Waals surface area contributed by atoms with Crippen molar-refractivity contribution >= 4 is 29.9 Å². The molecule has 0 aromatic heterocycles. The lowest BCUT2D eigenvalue weighted by atomic mass is 10.1. The van der Waals surface area contributed by atoms with Crippen molar-refractivity contribution < 1.29 is 9.13 Å². The van der Waals surface area contributed by atoms with E-state index in [1.54, 1.807) is 12.1 Å². The third-order valence-corrected chi connectivity index (χ3v) is 4.98. The van der Waals surface area contributed by atoms with Crippen LogP contribution >= 0.6 is 24.0 Å². The topological polar surface area (TPSA) is 40.1 Å². The molecule has 160 valence electrons. The van der Waals surface area contributed by atoms with Crippen molar-refractivity contribution in [1.82, 2.24) is 15.1 Å². The molecule has 5 nitrogen and oxygen atoms in total. The number of guanidine groups is 1. The molecular formula is C21H36FIN4O. The molecule has 28 heavy (non-hydrogen) atoms. The predicted octanol–water partition coefficient (Wildman–Crippen LogP) is 3.84. The molecule has 2 atom stereocenters. The van der Waals surface area contributed by atoms with Gasteiger partial charge in [-0.1, -0.05) is 13.8 Å². The molecule has 1 aromatic carbocycles. The molecule has 2 unspecified atom stereocenters. The number of hydrogen-bond donors (Lipinski definition) is 1. The van der Waals surface area contributed by atoms with Crippen LogP contribution in [0, 0.1) is 11.7 Å². The standard InChI is InChI=1S/C21H35FN4O.HI/c1-5-23-21(26-13-12-18(16-26)15-25(6-2)7-3)24-14-17(4)27-20-10-8-19(22)9-11-20;/h8-11,17-18H,5-7,12-16H2,1-4H3,(H,23,24);1H. The molecule has 0 amide bonds. The molecule has 1 aromatic rings. The minimum Gasteiger partial charge on any atom is -0.489 e. The minimum atomic E-state index is -0.254. The van der Waals surface area contributed by atoms with Crippen molar-refractivity contribution in [2.45, 2.75) is 40.2 Å². The summed E-state index contributed by atoms with van der Waals surface area (Å²) in [5, 5.41) is 3.41. The fourth-order valence-electron chi connectivity index (χ4n) is 3.44. The number of ether oxygens (including phenoxy) is 1. The van der Waals surface area contributed by atoms with Gasteiger partial charge in [0.05, 0.1) is 6.54 Å². The van der Waals surface area contributed by atoms with E-state index in [0.29, 0.717) is 18.2 Å². The monoisotopic (exact) mass is 506 g/mol. The number of rotatable bonds is 9. The summed E-state index contributed by atoms with van der Waals surface area (Å²) in [4.78, 5) is 9.64. The minimum absolute atomic E-state index is 0. The Hall–Kier alpha value is -1.09. The Morgan fingerprint density at radius 3 is 2.57 bits per heavy atom. The molecule has 7 heteroatoms. The van der Waals surface area contributed by atoms with E-state index in [0.717, 1.165) is 45.2 Å². The van der Waals surface area contributed by atoms with Gasteiger partial charge in [-0.3, -0.25) is 0 Å². The number of nitrogens with one attached hydrogen (secondary N) is 1. The normalized spacial score (nSPS) is 18.1. The van der Waals surface area contributed by atoms with Crippen LogP contribution in [-0.2, 0) is 0 Å². The lowest BCUT2D eigenvalue weighted by Gasteiger charge is -2.24. The molecule has 1 heterocycles. The SMILES string of the molecule is CCNC(=NCC(C)Oc1ccc(F)cc1)N1CCC(CN(CC)CC)C1.I. The van der Waals surface area contributed by atoms with Crippen LogP contribution in [0.5, 0.6) is 5.75 Å². The van der Waals surface area contributed by atoms with E-state index in [1.807, 2.05) is 6.92 Å². The lowest BCUT2D eigenvalue weighted by Crippen LogP contribution is -2.41. The van der Waals surface area contributed by atoms with Gasteiger partial charge in [0.15, 0.2) is 5.96 Å². The number of nitrogens with zero attached hydrogens (tertiary/aromatic N) is 3. The summed E-state index contributed by atoms with van der Waals surface area (Å²) in [6.45, 7) is 15.4. The van der Waals surface area contributed by atoms with E-state index in [9.17, 15) is 4.39 Å². The van der Waals surface area contributed by atoms with Crippen LogP contribution in [0.4, 0.5) is 4.39 Å². The Labute approximate surface area is 186 Å². The van der Waals surface area contributed by atoms with Crippen LogP contribution < -0.4 is 10.1 Å². The lowest BCUT2D eigenvalue weighted by molar-refractivity contribution is 0.229. The summed E-state index contributed by atoms with van der Waals surface area (Å²) in [6, 6.07) is 6.13. The Balaban J connectivity index is 0.00000392. The number of aliphatic imine (C=N–C) groups is 1. The first-order valence-corrected chi connectivity index (χ1v) is 10.2. The molecule has 0 bridgehead atoms. The van der Waals surface area contributed by atoms with Crippen LogP contribution in [0.3, 0.4) is 0 Å². The van der Waals surface area contributed by atoms with Gasteiger partial charge < -0.3 is 19.9 Å². The molecule has 1 aliphatic rings. The molecule has 0 radical (unpaired) electrons. The Bertz CT molecular complexity index is 580. The maximum absolute atomic E-state index is 13.0. The summed E-state index contributed by atoms with van der Waals surface area (Å²) in [5.41, 5.74) is 0. The molecule has 0 spiro atoms. The number of benzene rings is 1. The highest BCUT2D eigenvalue weighted by Gasteiger charge is 2.26. The fraction of sp³-hybridized carbons (Fsp3) is 0.667. The van der Waals surface area contributed by atoms with Crippen LogP contribution in [0.25, 0.3) is 0 Å². The van der Waals surface area contributed by atoms with Gasteiger partial charge in [0.1, 0.15) is 17.7 Å². The average molecular weight is 506 g/mol. The second-order valence-corrected chi connectivity index (χ2v) is 7.16. The average Bonchev–Trinajstić information content (AvgIpc) is 3.13. The molecule has 1 fully saturated rings. The highest BCUT2D eigenvalue weighted by atomic mass is 127. The van der Waals surface area contributed by atoms with Crippen molar-refractivity contribution in [1.29, 1.82) is 0 Å². The van der Waals surface area contributed by atoms with E-state index in [2.05, 4.69) is 35.9 Å². The molecule has 1 aliphatic heterocycles. The molecular weight excluding hydrogens is 470 g/mol. The first kappa shape index (κ1) is 24.9. The molecule has 1 saturated heterocycles.